The van der Waals surface area contributed by atoms with Crippen molar-refractivity contribution in [2.24, 2.45) is 0 Å². The molecule has 1 atom stereocenters. The Morgan fingerprint density at radius 3 is 2.81 bits per heavy atom. The first-order valence-electron chi connectivity index (χ1n) is 11.3. The molecule has 0 saturated carbocycles. The number of nitrogens with zero attached hydrogens (tertiary/aromatic N) is 5. The quantitative estimate of drug-likeness (QED) is 0.585. The summed E-state index contributed by atoms with van der Waals surface area (Å²) < 4.78 is 5.64. The molecule has 1 saturated heterocycles. The van der Waals surface area contributed by atoms with E-state index in [1.165, 1.54) is 17.5 Å². The van der Waals surface area contributed by atoms with Gasteiger partial charge in [-0.3, -0.25) is 9.88 Å². The van der Waals surface area contributed by atoms with Crippen LogP contribution in [0.1, 0.15) is 43.0 Å². The summed E-state index contributed by atoms with van der Waals surface area (Å²) in [5, 5.41) is 1.06. The Kier molecular flexibility index (Phi) is 6.66. The van der Waals surface area contributed by atoms with Crippen LogP contribution in [-0.2, 0) is 6.54 Å². The highest BCUT2D eigenvalue weighted by atomic mass is 16.5. The van der Waals surface area contributed by atoms with Gasteiger partial charge in [-0.15, -0.1) is 0 Å². The maximum absolute atomic E-state index is 5.64. The first-order valence-corrected chi connectivity index (χ1v) is 11.3. The van der Waals surface area contributed by atoms with Crippen molar-refractivity contribution in [2.75, 3.05) is 31.6 Å². The summed E-state index contributed by atoms with van der Waals surface area (Å²) in [6.07, 6.45) is 7.30. The van der Waals surface area contributed by atoms with E-state index in [1.807, 2.05) is 37.5 Å². The van der Waals surface area contributed by atoms with E-state index in [0.29, 0.717) is 12.6 Å². The smallest absolute Gasteiger partial charge is 0.226 e. The summed E-state index contributed by atoms with van der Waals surface area (Å²) in [5.41, 5.74) is 4.61. The average Bonchev–Trinajstić information content (AvgIpc) is 3.02. The van der Waals surface area contributed by atoms with E-state index in [0.717, 1.165) is 60.8 Å². The van der Waals surface area contributed by atoms with Crippen LogP contribution in [0.4, 0.5) is 5.95 Å². The van der Waals surface area contributed by atoms with Crippen LogP contribution in [0.15, 0.2) is 36.7 Å². The SMILES string of the molecule is CCOc1ccc2nc(N3CCCC(N(C)Cc4ccncc4C)CC3)nc(C)c2c1. The molecule has 0 aliphatic carbocycles. The Labute approximate surface area is 185 Å². The highest BCUT2D eigenvalue weighted by molar-refractivity contribution is 5.83. The maximum Gasteiger partial charge on any atom is 0.226 e. The molecule has 0 amide bonds. The number of aryl methyl sites for hydroxylation is 2. The summed E-state index contributed by atoms with van der Waals surface area (Å²) in [4.78, 5) is 18.8. The van der Waals surface area contributed by atoms with Crippen LogP contribution in [0.25, 0.3) is 10.9 Å². The molecule has 3 aromatic rings. The largest absolute Gasteiger partial charge is 0.494 e. The Morgan fingerprint density at radius 1 is 1.13 bits per heavy atom. The molecular weight excluding hydrogens is 386 g/mol. The third-order valence-corrected chi connectivity index (χ3v) is 6.32. The van der Waals surface area contributed by atoms with Gasteiger partial charge in [-0.2, -0.15) is 0 Å². The second-order valence-electron chi connectivity index (χ2n) is 8.51. The number of aromatic nitrogens is 3. The van der Waals surface area contributed by atoms with Gasteiger partial charge < -0.3 is 9.64 Å². The third-order valence-electron chi connectivity index (χ3n) is 6.32. The fourth-order valence-corrected chi connectivity index (χ4v) is 4.44. The number of pyridine rings is 1. The molecule has 6 heteroatoms. The zero-order chi connectivity index (χ0) is 21.8. The van der Waals surface area contributed by atoms with Crippen LogP contribution in [-0.4, -0.2) is 52.6 Å². The van der Waals surface area contributed by atoms with Crippen molar-refractivity contribution in [3.8, 4) is 5.75 Å². The monoisotopic (exact) mass is 419 g/mol. The molecule has 1 fully saturated rings. The minimum Gasteiger partial charge on any atom is -0.494 e. The molecule has 1 unspecified atom stereocenters. The van der Waals surface area contributed by atoms with E-state index in [2.05, 4.69) is 41.7 Å². The number of ether oxygens (including phenoxy) is 1. The molecule has 164 valence electrons. The van der Waals surface area contributed by atoms with Gasteiger partial charge in [-0.1, -0.05) is 0 Å². The predicted molar refractivity (Wildman–Crippen MR) is 126 cm³/mol. The molecule has 2 aromatic heterocycles. The molecule has 0 N–H and O–H groups in total. The molecule has 4 rings (SSSR count). The summed E-state index contributed by atoms with van der Waals surface area (Å²) in [5.74, 6) is 1.72. The number of hydrogen-bond donors (Lipinski definition) is 0. The number of fused-ring (bicyclic) bond motifs is 1. The summed E-state index contributed by atoms with van der Waals surface area (Å²) in [7, 11) is 2.24. The summed E-state index contributed by atoms with van der Waals surface area (Å²) in [6.45, 7) is 9.81. The van der Waals surface area contributed by atoms with Gasteiger partial charge in [0.25, 0.3) is 0 Å². The van der Waals surface area contributed by atoms with E-state index >= 15 is 0 Å². The molecule has 3 heterocycles. The molecule has 31 heavy (non-hydrogen) atoms. The molecular formula is C25H33N5O. The lowest BCUT2D eigenvalue weighted by atomic mass is 10.1. The van der Waals surface area contributed by atoms with E-state index in [-0.39, 0.29) is 0 Å². The highest BCUT2D eigenvalue weighted by Crippen LogP contribution is 2.26. The normalized spacial score (nSPS) is 17.2. The first-order chi connectivity index (χ1) is 15.0. The van der Waals surface area contributed by atoms with Gasteiger partial charge in [-0.25, -0.2) is 9.97 Å². The van der Waals surface area contributed by atoms with Crippen molar-refractivity contribution >= 4 is 16.9 Å². The van der Waals surface area contributed by atoms with Crippen molar-refractivity contribution in [3.63, 3.8) is 0 Å². The van der Waals surface area contributed by atoms with Crippen LogP contribution >= 0.6 is 0 Å². The summed E-state index contributed by atoms with van der Waals surface area (Å²) in [6, 6.07) is 8.79. The molecule has 1 aliphatic rings. The number of anilines is 1. The van der Waals surface area contributed by atoms with Crippen molar-refractivity contribution in [1.82, 2.24) is 19.9 Å². The highest BCUT2D eigenvalue weighted by Gasteiger charge is 2.22. The van der Waals surface area contributed by atoms with Gasteiger partial charge in [0.1, 0.15) is 5.75 Å². The van der Waals surface area contributed by atoms with Crippen LogP contribution in [0.2, 0.25) is 0 Å². The van der Waals surface area contributed by atoms with Gasteiger partial charge in [0, 0.05) is 43.5 Å². The van der Waals surface area contributed by atoms with Crippen molar-refractivity contribution in [3.05, 3.63) is 53.5 Å². The lowest BCUT2D eigenvalue weighted by molar-refractivity contribution is 0.216. The van der Waals surface area contributed by atoms with Crippen molar-refractivity contribution < 1.29 is 4.74 Å². The van der Waals surface area contributed by atoms with Crippen LogP contribution in [0.3, 0.4) is 0 Å². The molecule has 1 aromatic carbocycles. The van der Waals surface area contributed by atoms with E-state index in [1.54, 1.807) is 0 Å². The van der Waals surface area contributed by atoms with Crippen LogP contribution < -0.4 is 9.64 Å². The van der Waals surface area contributed by atoms with E-state index in [9.17, 15) is 0 Å². The van der Waals surface area contributed by atoms with Gasteiger partial charge in [0.15, 0.2) is 0 Å². The first kappa shape index (κ1) is 21.5. The fraction of sp³-hybridized carbons (Fsp3) is 0.480. The zero-order valence-electron chi connectivity index (χ0n) is 19.1. The number of rotatable bonds is 6. The van der Waals surface area contributed by atoms with E-state index < -0.39 is 0 Å². The average molecular weight is 420 g/mol. The van der Waals surface area contributed by atoms with Gasteiger partial charge >= 0.3 is 0 Å². The minimum absolute atomic E-state index is 0.563. The molecule has 0 radical (unpaired) electrons. The Morgan fingerprint density at radius 2 is 2.00 bits per heavy atom. The van der Waals surface area contributed by atoms with Crippen LogP contribution in [0.5, 0.6) is 5.75 Å². The zero-order valence-corrected chi connectivity index (χ0v) is 19.1. The Bertz CT molecular complexity index is 1040. The molecule has 1 aliphatic heterocycles. The fourth-order valence-electron chi connectivity index (χ4n) is 4.44. The topological polar surface area (TPSA) is 54.4 Å². The number of hydrogen-bond acceptors (Lipinski definition) is 6. The maximum atomic E-state index is 5.64. The molecule has 0 spiro atoms. The lowest BCUT2D eigenvalue weighted by Gasteiger charge is -2.28. The Hall–Kier alpha value is -2.73. The lowest BCUT2D eigenvalue weighted by Crippen LogP contribution is -2.33. The van der Waals surface area contributed by atoms with Gasteiger partial charge in [0.05, 0.1) is 17.8 Å². The third kappa shape index (κ3) is 4.96. The van der Waals surface area contributed by atoms with Crippen molar-refractivity contribution in [1.29, 1.82) is 0 Å². The second-order valence-corrected chi connectivity index (χ2v) is 8.51. The summed E-state index contributed by atoms with van der Waals surface area (Å²) >= 11 is 0. The number of benzene rings is 1. The minimum atomic E-state index is 0.563. The predicted octanol–water partition coefficient (Wildman–Crippen LogP) is 4.53. The molecule has 6 nitrogen and oxygen atoms in total. The van der Waals surface area contributed by atoms with Gasteiger partial charge in [-0.05, 0) is 82.5 Å². The Balaban J connectivity index is 1.46. The molecule has 0 bridgehead atoms. The van der Waals surface area contributed by atoms with Crippen LogP contribution in [0, 0.1) is 13.8 Å². The van der Waals surface area contributed by atoms with Gasteiger partial charge in [0.2, 0.25) is 5.95 Å². The van der Waals surface area contributed by atoms with E-state index in [4.69, 9.17) is 14.7 Å². The van der Waals surface area contributed by atoms with Crippen molar-refractivity contribution in [2.45, 2.75) is 52.6 Å². The second kappa shape index (κ2) is 9.60. The standard InChI is InChI=1S/C25H33N5O/c1-5-31-22-8-9-24-23(15-22)19(3)27-25(28-24)30-13-6-7-21(11-14-30)29(4)17-20-10-12-26-16-18(20)2/h8-10,12,15-16,21H,5-7,11,13-14,17H2,1-4H3.